The number of sulfone groups is 1. The number of hydrogen-bond donors (Lipinski definition) is 1. The second-order valence-corrected chi connectivity index (χ2v) is 8.23. The van der Waals surface area contributed by atoms with Gasteiger partial charge in [-0.05, 0) is 51.7 Å². The predicted octanol–water partition coefficient (Wildman–Crippen LogP) is 1.56. The first-order valence-corrected chi connectivity index (χ1v) is 9.88. The minimum atomic E-state index is -2.83. The summed E-state index contributed by atoms with van der Waals surface area (Å²) in [5.41, 5.74) is -0.423. The van der Waals surface area contributed by atoms with Crippen LogP contribution in [0.25, 0.3) is 0 Å². The molecule has 122 valence electrons. The Morgan fingerprint density at radius 2 is 2.05 bits per heavy atom. The monoisotopic (exact) mass is 315 g/mol. The number of nitrogens with zero attached hydrogens (tertiary/aromatic N) is 2. The lowest BCUT2D eigenvalue weighted by molar-refractivity contribution is 0.268. The van der Waals surface area contributed by atoms with E-state index in [1.807, 2.05) is 6.92 Å². The van der Waals surface area contributed by atoms with Crippen molar-refractivity contribution >= 4 is 9.84 Å². The van der Waals surface area contributed by atoms with Crippen LogP contribution in [0.1, 0.15) is 46.0 Å². The molecule has 0 saturated carbocycles. The van der Waals surface area contributed by atoms with Crippen LogP contribution in [0.3, 0.4) is 0 Å². The molecule has 1 aliphatic rings. The third-order valence-corrected chi connectivity index (χ3v) is 5.97. The van der Waals surface area contributed by atoms with Crippen molar-refractivity contribution in [3.05, 3.63) is 0 Å². The van der Waals surface area contributed by atoms with Gasteiger partial charge in [0.05, 0.1) is 17.6 Å². The maximum atomic E-state index is 11.6. The zero-order valence-electron chi connectivity index (χ0n) is 13.4. The number of hydrogen-bond acceptors (Lipinski definition) is 5. The van der Waals surface area contributed by atoms with Crippen LogP contribution in [0.15, 0.2) is 0 Å². The summed E-state index contributed by atoms with van der Waals surface area (Å²) in [6, 6.07) is 2.44. The van der Waals surface area contributed by atoms with E-state index in [1.165, 1.54) is 0 Å². The van der Waals surface area contributed by atoms with Crippen LogP contribution in [0.5, 0.6) is 0 Å². The number of rotatable bonds is 8. The molecule has 0 aliphatic carbocycles. The van der Waals surface area contributed by atoms with Crippen molar-refractivity contribution in [2.45, 2.75) is 51.5 Å². The topological polar surface area (TPSA) is 73.2 Å². The second-order valence-electron chi connectivity index (χ2n) is 5.92. The predicted molar refractivity (Wildman–Crippen MR) is 85.9 cm³/mol. The Morgan fingerprint density at radius 1 is 1.29 bits per heavy atom. The molecule has 1 heterocycles. The summed E-state index contributed by atoms with van der Waals surface area (Å²) in [5.74, 6) is 0.594. The molecule has 1 aliphatic heterocycles. The average molecular weight is 315 g/mol. The summed E-state index contributed by atoms with van der Waals surface area (Å²) in [7, 11) is -2.83. The third-order valence-electron chi connectivity index (χ3n) is 4.26. The van der Waals surface area contributed by atoms with Crippen molar-refractivity contribution < 1.29 is 8.42 Å². The Bertz CT molecular complexity index is 444. The van der Waals surface area contributed by atoms with Gasteiger partial charge in [-0.25, -0.2) is 8.42 Å². The van der Waals surface area contributed by atoms with Crippen LogP contribution in [0, 0.1) is 11.3 Å². The molecule has 1 rings (SSSR count). The Balaban J connectivity index is 2.42. The smallest absolute Gasteiger partial charge is 0.151 e. The molecule has 1 atom stereocenters. The van der Waals surface area contributed by atoms with E-state index in [9.17, 15) is 13.7 Å². The summed E-state index contributed by atoms with van der Waals surface area (Å²) in [4.78, 5) is 2.22. The van der Waals surface area contributed by atoms with Crippen molar-refractivity contribution in [3.63, 3.8) is 0 Å². The molecule has 5 nitrogen and oxygen atoms in total. The first-order valence-electron chi connectivity index (χ1n) is 8.06. The average Bonchev–Trinajstić information content (AvgIpc) is 2.64. The number of nitrogens with one attached hydrogen (secondary N) is 1. The van der Waals surface area contributed by atoms with Gasteiger partial charge in [-0.15, -0.1) is 0 Å². The summed E-state index contributed by atoms with van der Waals surface area (Å²) in [5, 5.41) is 12.8. The fourth-order valence-corrected chi connectivity index (χ4v) is 4.06. The molecule has 1 saturated heterocycles. The molecule has 0 amide bonds. The Labute approximate surface area is 129 Å². The van der Waals surface area contributed by atoms with Gasteiger partial charge < -0.3 is 4.90 Å². The second kappa shape index (κ2) is 8.72. The fraction of sp³-hybridized carbons (Fsp3) is 0.933. The van der Waals surface area contributed by atoms with Gasteiger partial charge in [0.25, 0.3) is 0 Å². The Morgan fingerprint density at radius 3 is 2.67 bits per heavy atom. The van der Waals surface area contributed by atoms with E-state index < -0.39 is 15.4 Å². The minimum absolute atomic E-state index is 0.276. The van der Waals surface area contributed by atoms with Crippen LogP contribution in [-0.4, -0.2) is 56.5 Å². The Kier molecular flexibility index (Phi) is 7.64. The van der Waals surface area contributed by atoms with Crippen LogP contribution >= 0.6 is 0 Å². The lowest BCUT2D eigenvalue weighted by Crippen LogP contribution is -2.44. The zero-order chi connectivity index (χ0) is 15.8. The molecular formula is C15H29N3O2S. The lowest BCUT2D eigenvalue weighted by atomic mass is 9.91. The van der Waals surface area contributed by atoms with E-state index in [-0.39, 0.29) is 5.75 Å². The molecule has 0 spiro atoms. The van der Waals surface area contributed by atoms with Crippen LogP contribution < -0.4 is 5.32 Å². The minimum Gasteiger partial charge on any atom is -0.302 e. The molecule has 6 heteroatoms. The molecular weight excluding hydrogens is 286 g/mol. The quantitative estimate of drug-likeness (QED) is 0.736. The highest BCUT2D eigenvalue weighted by Gasteiger charge is 2.27. The van der Waals surface area contributed by atoms with Crippen LogP contribution in [-0.2, 0) is 9.84 Å². The highest BCUT2D eigenvalue weighted by atomic mass is 32.2. The van der Waals surface area contributed by atoms with Gasteiger partial charge in [0, 0.05) is 6.54 Å². The maximum absolute atomic E-state index is 11.6. The first-order chi connectivity index (χ1) is 9.97. The largest absolute Gasteiger partial charge is 0.302 e. The van der Waals surface area contributed by atoms with Gasteiger partial charge in [-0.3, -0.25) is 5.32 Å². The van der Waals surface area contributed by atoms with E-state index in [4.69, 9.17) is 0 Å². The number of nitriles is 1. The molecule has 0 bridgehead atoms. The van der Waals surface area contributed by atoms with E-state index >= 15 is 0 Å². The normalized spacial score (nSPS) is 22.1. The SMILES string of the molecule is CCCNC(C#N)(CC)CCCN1CCCS(=O)(=O)CC1. The van der Waals surface area contributed by atoms with Crippen molar-refractivity contribution in [1.82, 2.24) is 10.2 Å². The molecule has 1 N–H and O–H groups in total. The summed E-state index contributed by atoms with van der Waals surface area (Å²) in [6.07, 6.45) is 4.31. The molecule has 0 aromatic heterocycles. The molecule has 1 unspecified atom stereocenters. The Hall–Kier alpha value is -0.640. The van der Waals surface area contributed by atoms with Gasteiger partial charge in [0.2, 0.25) is 0 Å². The molecule has 0 aromatic rings. The highest BCUT2D eigenvalue weighted by molar-refractivity contribution is 7.91. The van der Waals surface area contributed by atoms with Gasteiger partial charge in [0.15, 0.2) is 9.84 Å². The standard InChI is InChI=1S/C15H29N3O2S/c1-3-8-17-15(4-2,14-16)7-5-9-18-10-6-12-21(19,20)13-11-18/h17H,3-13H2,1-2H3. The molecule has 21 heavy (non-hydrogen) atoms. The summed E-state index contributed by atoms with van der Waals surface area (Å²) < 4.78 is 23.2. The van der Waals surface area contributed by atoms with Crippen LogP contribution in [0.2, 0.25) is 0 Å². The van der Waals surface area contributed by atoms with Crippen molar-refractivity contribution in [1.29, 1.82) is 5.26 Å². The van der Waals surface area contributed by atoms with Crippen LogP contribution in [0.4, 0.5) is 0 Å². The molecule has 1 fully saturated rings. The fourth-order valence-electron chi connectivity index (χ4n) is 2.75. The van der Waals surface area contributed by atoms with Gasteiger partial charge in [0.1, 0.15) is 5.54 Å². The first kappa shape index (κ1) is 18.4. The van der Waals surface area contributed by atoms with E-state index in [2.05, 4.69) is 23.2 Å². The zero-order valence-corrected chi connectivity index (χ0v) is 14.2. The van der Waals surface area contributed by atoms with E-state index in [0.717, 1.165) is 51.7 Å². The lowest BCUT2D eigenvalue weighted by Gasteiger charge is -2.28. The van der Waals surface area contributed by atoms with E-state index in [1.54, 1.807) is 0 Å². The third kappa shape index (κ3) is 6.33. The maximum Gasteiger partial charge on any atom is 0.151 e. The van der Waals surface area contributed by atoms with Gasteiger partial charge in [-0.1, -0.05) is 13.8 Å². The molecule has 0 radical (unpaired) electrons. The highest BCUT2D eigenvalue weighted by Crippen LogP contribution is 2.17. The van der Waals surface area contributed by atoms with E-state index in [0.29, 0.717) is 12.3 Å². The molecule has 0 aromatic carbocycles. The summed E-state index contributed by atoms with van der Waals surface area (Å²) >= 11 is 0. The van der Waals surface area contributed by atoms with Crippen molar-refractivity contribution in [3.8, 4) is 6.07 Å². The van der Waals surface area contributed by atoms with Crippen molar-refractivity contribution in [2.24, 2.45) is 0 Å². The van der Waals surface area contributed by atoms with Gasteiger partial charge in [-0.2, -0.15) is 5.26 Å². The van der Waals surface area contributed by atoms with Gasteiger partial charge >= 0.3 is 0 Å². The van der Waals surface area contributed by atoms with Crippen molar-refractivity contribution in [2.75, 3.05) is 37.7 Å². The summed E-state index contributed by atoms with van der Waals surface area (Å²) in [6.45, 7) is 7.38.